The second-order valence-electron chi connectivity index (χ2n) is 3.62. The Morgan fingerprint density at radius 3 is 2.82 bits per heavy atom. The highest BCUT2D eigenvalue weighted by Crippen LogP contribution is 2.11. The molecule has 0 spiro atoms. The van der Waals surface area contributed by atoms with Gasteiger partial charge < -0.3 is 5.32 Å². The Bertz CT molecular complexity index is 496. The van der Waals surface area contributed by atoms with Crippen LogP contribution in [0, 0.1) is 3.57 Å². The number of thiophene rings is 1. The van der Waals surface area contributed by atoms with Gasteiger partial charge in [0.15, 0.2) is 0 Å². The first-order valence-corrected chi connectivity index (χ1v) is 7.33. The molecule has 4 heteroatoms. The van der Waals surface area contributed by atoms with Crippen molar-refractivity contribution in [3.63, 3.8) is 0 Å². The summed E-state index contributed by atoms with van der Waals surface area (Å²) in [6, 6.07) is 9.69. The third-order valence-electron chi connectivity index (χ3n) is 2.40. The van der Waals surface area contributed by atoms with Crippen molar-refractivity contribution in [1.29, 1.82) is 0 Å². The summed E-state index contributed by atoms with van der Waals surface area (Å²) in [6.45, 7) is 0.681. The Morgan fingerprint density at radius 1 is 1.29 bits per heavy atom. The minimum absolute atomic E-state index is 0.00484. The molecule has 0 atom stereocenters. The van der Waals surface area contributed by atoms with Gasteiger partial charge in [0.25, 0.3) is 5.91 Å². The molecule has 0 bridgehead atoms. The molecule has 1 aromatic carbocycles. The quantitative estimate of drug-likeness (QED) is 0.836. The molecule has 1 N–H and O–H groups in total. The van der Waals surface area contributed by atoms with Gasteiger partial charge in [-0.1, -0.05) is 12.1 Å². The number of nitrogens with one attached hydrogen (secondary N) is 1. The Hall–Kier alpha value is -0.880. The molecule has 0 saturated heterocycles. The van der Waals surface area contributed by atoms with Crippen molar-refractivity contribution in [3.8, 4) is 0 Å². The van der Waals surface area contributed by atoms with Crippen LogP contribution in [0.1, 0.15) is 15.9 Å². The highest BCUT2D eigenvalue weighted by molar-refractivity contribution is 14.1. The lowest BCUT2D eigenvalue weighted by Gasteiger charge is -2.05. The van der Waals surface area contributed by atoms with Gasteiger partial charge in [-0.15, -0.1) is 0 Å². The molecule has 0 radical (unpaired) electrons. The summed E-state index contributed by atoms with van der Waals surface area (Å²) < 4.78 is 0.984. The number of carbonyl (C=O) groups is 1. The first-order valence-electron chi connectivity index (χ1n) is 5.31. The molecule has 1 amide bonds. The van der Waals surface area contributed by atoms with Crippen molar-refractivity contribution in [2.24, 2.45) is 0 Å². The van der Waals surface area contributed by atoms with E-state index in [1.165, 1.54) is 5.56 Å². The maximum atomic E-state index is 11.9. The predicted octanol–water partition coefficient (Wildman–Crippen LogP) is 3.33. The average molecular weight is 357 g/mol. The van der Waals surface area contributed by atoms with E-state index in [0.717, 1.165) is 15.6 Å². The van der Waals surface area contributed by atoms with Crippen LogP contribution in [0.25, 0.3) is 0 Å². The van der Waals surface area contributed by atoms with Crippen LogP contribution in [0.5, 0.6) is 0 Å². The standard InChI is InChI=1S/C13H12INOS/c14-12-4-2-1-3-11(12)13(16)15-7-5-10-6-8-17-9-10/h1-4,6,8-9H,5,7H2,(H,15,16). The van der Waals surface area contributed by atoms with E-state index >= 15 is 0 Å². The van der Waals surface area contributed by atoms with Crippen molar-refractivity contribution in [1.82, 2.24) is 5.32 Å². The zero-order valence-corrected chi connectivity index (χ0v) is 12.1. The van der Waals surface area contributed by atoms with Gasteiger partial charge in [0, 0.05) is 10.1 Å². The van der Waals surface area contributed by atoms with Crippen LogP contribution in [-0.2, 0) is 6.42 Å². The van der Waals surface area contributed by atoms with Crippen molar-refractivity contribution in [2.45, 2.75) is 6.42 Å². The van der Waals surface area contributed by atoms with E-state index in [4.69, 9.17) is 0 Å². The van der Waals surface area contributed by atoms with Crippen molar-refractivity contribution in [2.75, 3.05) is 6.54 Å². The molecular formula is C13H12INOS. The Morgan fingerprint density at radius 2 is 2.12 bits per heavy atom. The molecule has 2 aromatic rings. The number of benzene rings is 1. The molecular weight excluding hydrogens is 345 g/mol. The normalized spacial score (nSPS) is 10.2. The molecule has 1 heterocycles. The van der Waals surface area contributed by atoms with Gasteiger partial charge in [-0.2, -0.15) is 11.3 Å². The fraction of sp³-hybridized carbons (Fsp3) is 0.154. The molecule has 0 saturated carbocycles. The van der Waals surface area contributed by atoms with Crippen LogP contribution in [0.3, 0.4) is 0 Å². The second kappa shape index (κ2) is 6.16. The Kier molecular flexibility index (Phi) is 4.56. The first kappa shape index (κ1) is 12.6. The van der Waals surface area contributed by atoms with Gasteiger partial charge >= 0.3 is 0 Å². The number of amides is 1. The maximum Gasteiger partial charge on any atom is 0.252 e. The topological polar surface area (TPSA) is 29.1 Å². The highest BCUT2D eigenvalue weighted by atomic mass is 127. The lowest BCUT2D eigenvalue weighted by atomic mass is 10.2. The lowest BCUT2D eigenvalue weighted by molar-refractivity contribution is 0.0953. The lowest BCUT2D eigenvalue weighted by Crippen LogP contribution is -2.26. The van der Waals surface area contributed by atoms with E-state index in [0.29, 0.717) is 6.54 Å². The van der Waals surface area contributed by atoms with E-state index in [9.17, 15) is 4.79 Å². The molecule has 2 rings (SSSR count). The molecule has 88 valence electrons. The van der Waals surface area contributed by atoms with Gasteiger partial charge in [0.2, 0.25) is 0 Å². The van der Waals surface area contributed by atoms with E-state index in [1.807, 2.05) is 24.3 Å². The summed E-state index contributed by atoms with van der Waals surface area (Å²) in [4.78, 5) is 11.9. The molecule has 17 heavy (non-hydrogen) atoms. The zero-order chi connectivity index (χ0) is 12.1. The van der Waals surface area contributed by atoms with Crippen LogP contribution in [0.15, 0.2) is 41.1 Å². The van der Waals surface area contributed by atoms with Gasteiger partial charge in [0.05, 0.1) is 5.56 Å². The predicted molar refractivity (Wildman–Crippen MR) is 79.5 cm³/mol. The van der Waals surface area contributed by atoms with Crippen molar-refractivity contribution >= 4 is 39.8 Å². The number of halogens is 1. The van der Waals surface area contributed by atoms with E-state index in [1.54, 1.807) is 11.3 Å². The fourth-order valence-corrected chi connectivity index (χ4v) is 2.83. The largest absolute Gasteiger partial charge is 0.352 e. The minimum Gasteiger partial charge on any atom is -0.352 e. The second-order valence-corrected chi connectivity index (χ2v) is 5.56. The summed E-state index contributed by atoms with van der Waals surface area (Å²) >= 11 is 3.86. The summed E-state index contributed by atoms with van der Waals surface area (Å²) in [6.07, 6.45) is 0.888. The summed E-state index contributed by atoms with van der Waals surface area (Å²) in [7, 11) is 0. The third kappa shape index (κ3) is 3.54. The molecule has 0 fully saturated rings. The van der Waals surface area contributed by atoms with E-state index in [-0.39, 0.29) is 5.91 Å². The summed E-state index contributed by atoms with van der Waals surface area (Å²) in [5, 5.41) is 7.10. The molecule has 0 aliphatic rings. The van der Waals surface area contributed by atoms with E-state index in [2.05, 4.69) is 44.7 Å². The highest BCUT2D eigenvalue weighted by Gasteiger charge is 2.07. The molecule has 0 aliphatic carbocycles. The Balaban J connectivity index is 1.88. The fourth-order valence-electron chi connectivity index (χ4n) is 1.50. The van der Waals surface area contributed by atoms with Crippen LogP contribution in [0.4, 0.5) is 0 Å². The van der Waals surface area contributed by atoms with Crippen LogP contribution in [-0.4, -0.2) is 12.5 Å². The number of hydrogen-bond donors (Lipinski definition) is 1. The Labute approximate surface area is 118 Å². The minimum atomic E-state index is 0.00484. The van der Waals surface area contributed by atoms with Crippen molar-refractivity contribution in [3.05, 3.63) is 55.8 Å². The van der Waals surface area contributed by atoms with Crippen LogP contribution >= 0.6 is 33.9 Å². The molecule has 1 aromatic heterocycles. The van der Waals surface area contributed by atoms with Gasteiger partial charge in [0.1, 0.15) is 0 Å². The van der Waals surface area contributed by atoms with Crippen LogP contribution < -0.4 is 5.32 Å². The van der Waals surface area contributed by atoms with Gasteiger partial charge in [-0.25, -0.2) is 0 Å². The molecule has 0 unspecified atom stereocenters. The SMILES string of the molecule is O=C(NCCc1ccsc1)c1ccccc1I. The first-order chi connectivity index (χ1) is 8.27. The number of hydrogen-bond acceptors (Lipinski definition) is 2. The van der Waals surface area contributed by atoms with Gasteiger partial charge in [-0.3, -0.25) is 4.79 Å². The van der Waals surface area contributed by atoms with Gasteiger partial charge in [-0.05, 0) is 63.5 Å². The van der Waals surface area contributed by atoms with Crippen molar-refractivity contribution < 1.29 is 4.79 Å². The monoisotopic (exact) mass is 357 g/mol. The van der Waals surface area contributed by atoms with Crippen LogP contribution in [0.2, 0.25) is 0 Å². The zero-order valence-electron chi connectivity index (χ0n) is 9.15. The molecule has 2 nitrogen and oxygen atoms in total. The summed E-state index contributed by atoms with van der Waals surface area (Å²) in [5.74, 6) is 0.00484. The maximum absolute atomic E-state index is 11.9. The molecule has 0 aliphatic heterocycles. The number of rotatable bonds is 4. The third-order valence-corrected chi connectivity index (χ3v) is 4.07. The van der Waals surface area contributed by atoms with E-state index < -0.39 is 0 Å². The smallest absolute Gasteiger partial charge is 0.252 e. The summed E-state index contributed by atoms with van der Waals surface area (Å²) in [5.41, 5.74) is 2.02. The average Bonchev–Trinajstić information content (AvgIpc) is 2.82. The number of carbonyl (C=O) groups excluding carboxylic acids is 1.